The maximum Gasteiger partial charge on any atom is 0.338 e. The first kappa shape index (κ1) is 23.3. The summed E-state index contributed by atoms with van der Waals surface area (Å²) >= 11 is 0. The molecule has 6 heteroatoms. The first-order chi connectivity index (χ1) is 14.5. The molecule has 0 heterocycles. The van der Waals surface area contributed by atoms with Crippen LogP contribution in [0.5, 0.6) is 0 Å². The van der Waals surface area contributed by atoms with Gasteiger partial charge in [-0.25, -0.2) is 9.18 Å². The molecule has 0 N–H and O–H groups in total. The molecule has 0 amide bonds. The minimum atomic E-state index is -0.330. The van der Waals surface area contributed by atoms with E-state index in [9.17, 15) is 14.0 Å². The highest BCUT2D eigenvalue weighted by Crippen LogP contribution is 2.11. The third-order valence-corrected chi connectivity index (χ3v) is 4.50. The Balaban J connectivity index is 1.96. The first-order valence-electron chi connectivity index (χ1n) is 9.99. The van der Waals surface area contributed by atoms with Crippen LogP contribution in [0.2, 0.25) is 0 Å². The number of benzene rings is 2. The first-order valence-corrected chi connectivity index (χ1v) is 9.99. The lowest BCUT2D eigenvalue weighted by molar-refractivity contribution is -0.140. The molecule has 0 unspecified atom stereocenters. The minimum absolute atomic E-state index is 0.228. The highest BCUT2D eigenvalue weighted by atomic mass is 19.1. The predicted octanol–water partition coefficient (Wildman–Crippen LogP) is 4.47. The zero-order chi connectivity index (χ0) is 21.8. The molecule has 0 fully saturated rings. The van der Waals surface area contributed by atoms with Crippen molar-refractivity contribution < 1.29 is 23.5 Å². The van der Waals surface area contributed by atoms with E-state index in [1.54, 1.807) is 31.2 Å². The van der Waals surface area contributed by atoms with E-state index in [0.29, 0.717) is 44.6 Å². The zero-order valence-electron chi connectivity index (χ0n) is 17.5. The van der Waals surface area contributed by atoms with Gasteiger partial charge in [-0.15, -0.1) is 0 Å². The average molecular weight is 413 g/mol. The second-order valence-electron chi connectivity index (χ2n) is 6.79. The van der Waals surface area contributed by atoms with Crippen LogP contribution in [-0.4, -0.2) is 43.6 Å². The number of hydrogen-bond donors (Lipinski definition) is 0. The van der Waals surface area contributed by atoms with E-state index < -0.39 is 0 Å². The van der Waals surface area contributed by atoms with E-state index >= 15 is 0 Å². The number of hydrogen-bond acceptors (Lipinski definition) is 5. The Bertz CT molecular complexity index is 831. The molecule has 0 radical (unpaired) electrons. The Labute approximate surface area is 177 Å². The average Bonchev–Trinajstić information content (AvgIpc) is 2.75. The Morgan fingerprint density at radius 2 is 1.77 bits per heavy atom. The van der Waals surface area contributed by atoms with Gasteiger partial charge in [0.15, 0.2) is 0 Å². The van der Waals surface area contributed by atoms with Crippen molar-refractivity contribution in [3.05, 3.63) is 77.1 Å². The number of carbonyl (C=O) groups is 2. The van der Waals surface area contributed by atoms with E-state index in [1.165, 1.54) is 19.2 Å². The van der Waals surface area contributed by atoms with E-state index in [1.807, 2.05) is 24.3 Å². The normalized spacial score (nSPS) is 11.1. The minimum Gasteiger partial charge on any atom is -0.469 e. The quantitative estimate of drug-likeness (QED) is 0.509. The summed E-state index contributed by atoms with van der Waals surface area (Å²) in [4.78, 5) is 25.3. The summed E-state index contributed by atoms with van der Waals surface area (Å²) in [6.07, 6.45) is 5.04. The summed E-state index contributed by atoms with van der Waals surface area (Å²) in [7, 11) is 1.38. The standard InChI is InChI=1S/C24H28FNO4/c1-3-30-24(28)21-12-8-19(9-13-21)6-4-16-26(17-5-7-23(27)29-2)18-20-10-14-22(25)15-11-20/h4,6,8-15H,3,5,7,16-18H2,1-2H3/b6-4+. The lowest BCUT2D eigenvalue weighted by Crippen LogP contribution is -2.25. The summed E-state index contributed by atoms with van der Waals surface area (Å²) in [5.41, 5.74) is 2.50. The van der Waals surface area contributed by atoms with Crippen molar-refractivity contribution in [2.24, 2.45) is 0 Å². The number of esters is 2. The van der Waals surface area contributed by atoms with Gasteiger partial charge in [0.25, 0.3) is 0 Å². The van der Waals surface area contributed by atoms with E-state index in [0.717, 1.165) is 11.1 Å². The topological polar surface area (TPSA) is 55.8 Å². The molecule has 0 aliphatic rings. The largest absolute Gasteiger partial charge is 0.469 e. The van der Waals surface area contributed by atoms with Crippen LogP contribution in [0.3, 0.4) is 0 Å². The summed E-state index contributed by atoms with van der Waals surface area (Å²) in [6, 6.07) is 13.6. The molecular weight excluding hydrogens is 385 g/mol. The molecule has 0 saturated heterocycles. The lowest BCUT2D eigenvalue weighted by Gasteiger charge is -2.20. The summed E-state index contributed by atoms with van der Waals surface area (Å²) in [6.45, 7) is 4.14. The maximum atomic E-state index is 13.2. The molecule has 160 valence electrons. The fraction of sp³-hybridized carbons (Fsp3) is 0.333. The van der Waals surface area contributed by atoms with Crippen LogP contribution < -0.4 is 0 Å². The van der Waals surface area contributed by atoms with Gasteiger partial charge in [0.05, 0.1) is 19.3 Å². The number of carbonyl (C=O) groups excluding carboxylic acids is 2. The lowest BCUT2D eigenvalue weighted by atomic mass is 10.1. The van der Waals surface area contributed by atoms with E-state index in [4.69, 9.17) is 9.47 Å². The fourth-order valence-electron chi connectivity index (χ4n) is 2.91. The van der Waals surface area contributed by atoms with Crippen molar-refractivity contribution in [2.75, 3.05) is 26.8 Å². The molecule has 0 bridgehead atoms. The number of methoxy groups -OCH3 is 1. The van der Waals surface area contributed by atoms with Gasteiger partial charge >= 0.3 is 11.9 Å². The van der Waals surface area contributed by atoms with Gasteiger partial charge in [0.1, 0.15) is 5.82 Å². The van der Waals surface area contributed by atoms with Crippen LogP contribution >= 0.6 is 0 Å². The third kappa shape index (κ3) is 8.17. The zero-order valence-corrected chi connectivity index (χ0v) is 17.5. The Morgan fingerprint density at radius 3 is 2.40 bits per heavy atom. The molecule has 2 aromatic rings. The molecule has 0 aliphatic heterocycles. The van der Waals surface area contributed by atoms with Crippen LogP contribution in [0.1, 0.15) is 41.3 Å². The molecule has 0 atom stereocenters. The third-order valence-electron chi connectivity index (χ3n) is 4.50. The number of ether oxygens (including phenoxy) is 2. The van der Waals surface area contributed by atoms with Crippen molar-refractivity contribution >= 4 is 18.0 Å². The van der Waals surface area contributed by atoms with Crippen molar-refractivity contribution in [1.82, 2.24) is 4.90 Å². The second kappa shape index (κ2) is 12.5. The second-order valence-corrected chi connectivity index (χ2v) is 6.79. The molecule has 2 rings (SSSR count). The summed E-state index contributed by atoms with van der Waals surface area (Å²) in [5.74, 6) is -0.819. The number of rotatable bonds is 11. The SMILES string of the molecule is CCOC(=O)c1ccc(/C=C/CN(CCCC(=O)OC)Cc2ccc(F)cc2)cc1. The molecule has 5 nitrogen and oxygen atoms in total. The van der Waals surface area contributed by atoms with Gasteiger partial charge in [-0.3, -0.25) is 9.69 Å². The molecule has 0 aliphatic carbocycles. The molecular formula is C24H28FNO4. The van der Waals surface area contributed by atoms with E-state index in [-0.39, 0.29) is 17.8 Å². The van der Waals surface area contributed by atoms with Crippen molar-refractivity contribution in [3.63, 3.8) is 0 Å². The maximum absolute atomic E-state index is 13.2. The van der Waals surface area contributed by atoms with Gasteiger partial charge < -0.3 is 9.47 Å². The van der Waals surface area contributed by atoms with Gasteiger partial charge in [-0.2, -0.15) is 0 Å². The molecule has 0 spiro atoms. The highest BCUT2D eigenvalue weighted by Gasteiger charge is 2.08. The van der Waals surface area contributed by atoms with Gasteiger partial charge in [-0.05, 0) is 55.3 Å². The summed E-state index contributed by atoms with van der Waals surface area (Å²) < 4.78 is 22.8. The van der Waals surface area contributed by atoms with Crippen LogP contribution in [0.25, 0.3) is 6.08 Å². The van der Waals surface area contributed by atoms with Crippen LogP contribution in [0.15, 0.2) is 54.6 Å². The predicted molar refractivity (Wildman–Crippen MR) is 114 cm³/mol. The van der Waals surface area contributed by atoms with Gasteiger partial charge in [-0.1, -0.05) is 36.4 Å². The fourth-order valence-corrected chi connectivity index (χ4v) is 2.91. The van der Waals surface area contributed by atoms with E-state index in [2.05, 4.69) is 4.90 Å². The number of halogens is 1. The number of nitrogens with zero attached hydrogens (tertiary/aromatic N) is 1. The van der Waals surface area contributed by atoms with Gasteiger partial charge in [0, 0.05) is 19.5 Å². The van der Waals surface area contributed by atoms with Crippen LogP contribution in [0.4, 0.5) is 4.39 Å². The van der Waals surface area contributed by atoms with Crippen molar-refractivity contribution in [3.8, 4) is 0 Å². The van der Waals surface area contributed by atoms with Crippen LogP contribution in [0, 0.1) is 5.82 Å². The Morgan fingerprint density at radius 1 is 1.07 bits per heavy atom. The molecule has 30 heavy (non-hydrogen) atoms. The van der Waals surface area contributed by atoms with Crippen molar-refractivity contribution in [1.29, 1.82) is 0 Å². The van der Waals surface area contributed by atoms with Gasteiger partial charge in [0.2, 0.25) is 0 Å². The molecule has 0 saturated carbocycles. The summed E-state index contributed by atoms with van der Waals surface area (Å²) in [5, 5.41) is 0. The smallest absolute Gasteiger partial charge is 0.338 e. The van der Waals surface area contributed by atoms with Crippen LogP contribution in [-0.2, 0) is 20.8 Å². The van der Waals surface area contributed by atoms with Crippen molar-refractivity contribution in [2.45, 2.75) is 26.3 Å². The highest BCUT2D eigenvalue weighted by molar-refractivity contribution is 5.89. The molecule has 0 aromatic heterocycles. The Hall–Kier alpha value is -2.99. The molecule has 2 aromatic carbocycles. The Kier molecular flexibility index (Phi) is 9.74. The monoisotopic (exact) mass is 413 g/mol.